The fourth-order valence-electron chi connectivity index (χ4n) is 3.91. The molecule has 0 atom stereocenters. The Morgan fingerprint density at radius 2 is 1.74 bits per heavy atom. The van der Waals surface area contributed by atoms with Crippen LogP contribution in [0.5, 0.6) is 11.5 Å². The fourth-order valence-corrected chi connectivity index (χ4v) is 3.91. The number of anilines is 2. The van der Waals surface area contributed by atoms with E-state index >= 15 is 0 Å². The molecule has 9 heteroatoms. The lowest BCUT2D eigenvalue weighted by Gasteiger charge is -2.26. The molecule has 0 aromatic heterocycles. The maximum atomic E-state index is 14.6. The van der Waals surface area contributed by atoms with Crippen LogP contribution in [0.3, 0.4) is 0 Å². The Bertz CT molecular complexity index is 1140. The minimum Gasteiger partial charge on any atom is -0.454 e. The van der Waals surface area contributed by atoms with Crippen LogP contribution >= 0.6 is 0 Å². The van der Waals surface area contributed by atoms with Gasteiger partial charge in [0.15, 0.2) is 11.5 Å². The van der Waals surface area contributed by atoms with Crippen LogP contribution in [-0.4, -0.2) is 37.7 Å². The first-order chi connectivity index (χ1) is 15.0. The molecule has 8 nitrogen and oxygen atoms in total. The Balaban J connectivity index is 1.46. The van der Waals surface area contributed by atoms with Crippen LogP contribution in [0.4, 0.5) is 20.6 Å². The molecule has 158 valence electrons. The number of hydrogen-bond acceptors (Lipinski definition) is 6. The van der Waals surface area contributed by atoms with Crippen molar-refractivity contribution in [1.29, 1.82) is 0 Å². The molecule has 1 N–H and O–H groups in total. The van der Waals surface area contributed by atoms with Crippen molar-refractivity contribution >= 4 is 35.3 Å². The number of amides is 4. The van der Waals surface area contributed by atoms with Crippen molar-refractivity contribution < 1.29 is 28.2 Å². The van der Waals surface area contributed by atoms with Crippen molar-refractivity contribution in [3.63, 3.8) is 0 Å². The first-order valence-corrected chi connectivity index (χ1v) is 9.87. The zero-order chi connectivity index (χ0) is 21.5. The topological polar surface area (TPSA) is 88.2 Å². The van der Waals surface area contributed by atoms with Crippen LogP contribution in [-0.2, 0) is 9.59 Å². The highest BCUT2D eigenvalue weighted by Crippen LogP contribution is 2.36. The summed E-state index contributed by atoms with van der Waals surface area (Å²) in [6.45, 7) is 1.64. The zero-order valence-corrected chi connectivity index (χ0v) is 16.4. The number of urea groups is 1. The van der Waals surface area contributed by atoms with Gasteiger partial charge in [0.25, 0.3) is 11.8 Å². The van der Waals surface area contributed by atoms with Gasteiger partial charge < -0.3 is 14.4 Å². The van der Waals surface area contributed by atoms with E-state index in [1.807, 2.05) is 4.90 Å². The summed E-state index contributed by atoms with van der Waals surface area (Å²) in [5.74, 6) is -1.19. The summed E-state index contributed by atoms with van der Waals surface area (Å²) < 4.78 is 25.2. The van der Waals surface area contributed by atoms with Gasteiger partial charge in [-0.25, -0.2) is 14.1 Å². The second-order valence-electron chi connectivity index (χ2n) is 7.40. The van der Waals surface area contributed by atoms with E-state index in [0.29, 0.717) is 22.7 Å². The van der Waals surface area contributed by atoms with E-state index in [9.17, 15) is 18.8 Å². The molecule has 3 aliphatic rings. The SMILES string of the molecule is O=C1NC(=O)N(c2ccc3c(c2)OCO3)C(=O)/C1=C/c1ccc(N2CCCC2)c(F)c1. The lowest BCUT2D eigenvalue weighted by atomic mass is 10.1. The molecule has 0 unspecified atom stereocenters. The van der Waals surface area contributed by atoms with Gasteiger partial charge in [0.1, 0.15) is 11.4 Å². The Labute approximate surface area is 176 Å². The Morgan fingerprint density at radius 3 is 2.52 bits per heavy atom. The molecule has 2 aromatic carbocycles. The Kier molecular flexibility index (Phi) is 4.58. The highest BCUT2D eigenvalue weighted by molar-refractivity contribution is 6.39. The summed E-state index contributed by atoms with van der Waals surface area (Å²) in [6.07, 6.45) is 3.31. The number of halogens is 1. The van der Waals surface area contributed by atoms with Crippen LogP contribution in [0.25, 0.3) is 6.08 Å². The summed E-state index contributed by atoms with van der Waals surface area (Å²) in [7, 11) is 0. The van der Waals surface area contributed by atoms with E-state index < -0.39 is 23.7 Å². The smallest absolute Gasteiger partial charge is 0.335 e. The fraction of sp³-hybridized carbons (Fsp3) is 0.227. The number of carbonyl (C=O) groups is 3. The number of carbonyl (C=O) groups excluding carboxylic acids is 3. The van der Waals surface area contributed by atoms with Gasteiger partial charge in [0.05, 0.1) is 11.4 Å². The molecular formula is C22H18FN3O5. The highest BCUT2D eigenvalue weighted by atomic mass is 19.1. The third-order valence-electron chi connectivity index (χ3n) is 5.45. The van der Waals surface area contributed by atoms with Gasteiger partial charge in [-0.05, 0) is 48.7 Å². The maximum absolute atomic E-state index is 14.6. The van der Waals surface area contributed by atoms with Crippen LogP contribution in [0.15, 0.2) is 42.0 Å². The molecule has 0 aliphatic carbocycles. The summed E-state index contributed by atoms with van der Waals surface area (Å²) in [6, 6.07) is 8.26. The van der Waals surface area contributed by atoms with Crippen molar-refractivity contribution in [3.05, 3.63) is 53.4 Å². The number of ether oxygens (including phenoxy) is 2. The number of hydrogen-bond donors (Lipinski definition) is 1. The van der Waals surface area contributed by atoms with Crippen LogP contribution in [0, 0.1) is 5.82 Å². The number of rotatable bonds is 3. The number of nitrogens with zero attached hydrogens (tertiary/aromatic N) is 2. The first-order valence-electron chi connectivity index (χ1n) is 9.87. The van der Waals surface area contributed by atoms with Gasteiger partial charge in [-0.15, -0.1) is 0 Å². The largest absolute Gasteiger partial charge is 0.454 e. The molecule has 0 bridgehead atoms. The quantitative estimate of drug-likeness (QED) is 0.603. The van der Waals surface area contributed by atoms with Gasteiger partial charge in [0, 0.05) is 19.2 Å². The number of fused-ring (bicyclic) bond motifs is 1. The molecule has 2 aromatic rings. The molecule has 5 rings (SSSR count). The third kappa shape index (κ3) is 3.37. The summed E-state index contributed by atoms with van der Waals surface area (Å²) in [4.78, 5) is 40.5. The molecule has 0 radical (unpaired) electrons. The second kappa shape index (κ2) is 7.42. The number of barbiturate groups is 1. The highest BCUT2D eigenvalue weighted by Gasteiger charge is 2.37. The summed E-state index contributed by atoms with van der Waals surface area (Å²) in [5, 5.41) is 2.15. The van der Waals surface area contributed by atoms with E-state index in [1.54, 1.807) is 18.2 Å². The van der Waals surface area contributed by atoms with E-state index in [2.05, 4.69) is 5.32 Å². The molecule has 2 fully saturated rings. The zero-order valence-electron chi connectivity index (χ0n) is 16.4. The van der Waals surface area contributed by atoms with E-state index in [4.69, 9.17) is 9.47 Å². The molecule has 4 amide bonds. The monoisotopic (exact) mass is 423 g/mol. The van der Waals surface area contributed by atoms with Crippen LogP contribution in [0.2, 0.25) is 0 Å². The molecule has 2 saturated heterocycles. The van der Waals surface area contributed by atoms with Crippen molar-refractivity contribution in [2.45, 2.75) is 12.8 Å². The second-order valence-corrected chi connectivity index (χ2v) is 7.40. The van der Waals surface area contributed by atoms with Gasteiger partial charge >= 0.3 is 6.03 Å². The number of imide groups is 2. The lowest BCUT2D eigenvalue weighted by molar-refractivity contribution is -0.122. The van der Waals surface area contributed by atoms with E-state index in [1.165, 1.54) is 24.3 Å². The molecule has 0 spiro atoms. The lowest BCUT2D eigenvalue weighted by Crippen LogP contribution is -2.54. The molecule has 3 aliphatic heterocycles. The predicted octanol–water partition coefficient (Wildman–Crippen LogP) is 2.82. The van der Waals surface area contributed by atoms with Crippen molar-refractivity contribution in [2.24, 2.45) is 0 Å². The Hall–Kier alpha value is -3.88. The number of nitrogens with one attached hydrogen (secondary N) is 1. The summed E-state index contributed by atoms with van der Waals surface area (Å²) in [5.41, 5.74) is 0.793. The molecule has 3 heterocycles. The van der Waals surface area contributed by atoms with Crippen LogP contribution < -0.4 is 24.6 Å². The molecule has 31 heavy (non-hydrogen) atoms. The predicted molar refractivity (Wildman–Crippen MR) is 109 cm³/mol. The minimum atomic E-state index is -0.874. The van der Waals surface area contributed by atoms with Crippen LogP contribution in [0.1, 0.15) is 18.4 Å². The third-order valence-corrected chi connectivity index (χ3v) is 5.45. The molecular weight excluding hydrogens is 405 g/mol. The normalized spacial score (nSPS) is 19.4. The standard InChI is InChI=1S/C22H18FN3O5/c23-16-10-13(3-5-17(16)25-7-1-2-8-25)9-15-20(27)24-22(29)26(21(15)28)14-4-6-18-19(11-14)31-12-30-18/h3-6,9-11H,1-2,7-8,12H2,(H,24,27,29)/b15-9+. The summed E-state index contributed by atoms with van der Waals surface area (Å²) >= 11 is 0. The van der Waals surface area contributed by atoms with Crippen molar-refractivity contribution in [2.75, 3.05) is 29.7 Å². The van der Waals surface area contributed by atoms with Crippen molar-refractivity contribution in [3.8, 4) is 11.5 Å². The average molecular weight is 423 g/mol. The van der Waals surface area contributed by atoms with Gasteiger partial charge in [0.2, 0.25) is 6.79 Å². The first kappa shape index (κ1) is 19.1. The Morgan fingerprint density at radius 1 is 0.968 bits per heavy atom. The van der Waals surface area contributed by atoms with Crippen molar-refractivity contribution in [1.82, 2.24) is 5.32 Å². The van der Waals surface area contributed by atoms with Gasteiger partial charge in [-0.3, -0.25) is 14.9 Å². The minimum absolute atomic E-state index is 0.0432. The van der Waals surface area contributed by atoms with E-state index in [0.717, 1.165) is 30.8 Å². The maximum Gasteiger partial charge on any atom is 0.335 e. The van der Waals surface area contributed by atoms with Gasteiger partial charge in [-0.2, -0.15) is 0 Å². The molecule has 0 saturated carbocycles. The number of benzene rings is 2. The van der Waals surface area contributed by atoms with Gasteiger partial charge in [-0.1, -0.05) is 6.07 Å². The average Bonchev–Trinajstić information content (AvgIpc) is 3.42. The van der Waals surface area contributed by atoms with E-state index in [-0.39, 0.29) is 18.1 Å².